The van der Waals surface area contributed by atoms with Crippen molar-refractivity contribution in [3.63, 3.8) is 0 Å². The second kappa shape index (κ2) is 6.52. The van der Waals surface area contributed by atoms with Crippen LogP contribution < -0.4 is 4.72 Å². The van der Waals surface area contributed by atoms with Gasteiger partial charge in [0.15, 0.2) is 0 Å². The lowest BCUT2D eigenvalue weighted by molar-refractivity contribution is 0.600. The highest BCUT2D eigenvalue weighted by Gasteiger charge is 2.12. The van der Waals surface area contributed by atoms with E-state index >= 15 is 0 Å². The van der Waals surface area contributed by atoms with Crippen molar-refractivity contribution in [1.82, 2.24) is 0 Å². The summed E-state index contributed by atoms with van der Waals surface area (Å²) in [6.45, 7) is 0. The summed E-state index contributed by atoms with van der Waals surface area (Å²) in [7, 11) is -3.43. The Morgan fingerprint density at radius 2 is 1.85 bits per heavy atom. The second-order valence-corrected chi connectivity index (χ2v) is 7.26. The van der Waals surface area contributed by atoms with Crippen LogP contribution >= 0.6 is 23.4 Å². The molecule has 0 amide bonds. The molecule has 0 fully saturated rings. The highest BCUT2D eigenvalue weighted by Crippen LogP contribution is 2.20. The summed E-state index contributed by atoms with van der Waals surface area (Å²) < 4.78 is 26.8. The molecule has 0 aliphatic carbocycles. The zero-order chi connectivity index (χ0) is 14.6. The molecule has 0 aliphatic heterocycles. The first-order valence-electron chi connectivity index (χ1n) is 5.87. The van der Waals surface area contributed by atoms with Gasteiger partial charge >= 0.3 is 0 Å². The van der Waals surface area contributed by atoms with Gasteiger partial charge in [0.05, 0.1) is 5.75 Å². The van der Waals surface area contributed by atoms with Crippen LogP contribution in [0.25, 0.3) is 0 Å². The van der Waals surface area contributed by atoms with E-state index in [9.17, 15) is 8.42 Å². The van der Waals surface area contributed by atoms with Gasteiger partial charge in [0.25, 0.3) is 0 Å². The molecular formula is C14H14ClNO2S2. The number of hydrogen-bond acceptors (Lipinski definition) is 3. The first kappa shape index (κ1) is 15.2. The third kappa shape index (κ3) is 4.44. The molecule has 106 valence electrons. The number of anilines is 1. The molecular weight excluding hydrogens is 314 g/mol. The Morgan fingerprint density at radius 1 is 1.15 bits per heavy atom. The van der Waals surface area contributed by atoms with Crippen molar-refractivity contribution in [2.45, 2.75) is 10.6 Å². The zero-order valence-electron chi connectivity index (χ0n) is 10.8. The molecule has 3 nitrogen and oxygen atoms in total. The molecule has 1 N–H and O–H groups in total. The molecule has 0 unspecified atom stereocenters. The first-order chi connectivity index (χ1) is 9.48. The quantitative estimate of drug-likeness (QED) is 0.844. The van der Waals surface area contributed by atoms with Gasteiger partial charge in [-0.25, -0.2) is 8.42 Å². The van der Waals surface area contributed by atoms with Crippen molar-refractivity contribution in [2.75, 3.05) is 11.0 Å². The van der Waals surface area contributed by atoms with Gasteiger partial charge in [-0.05, 0) is 42.2 Å². The third-order valence-electron chi connectivity index (χ3n) is 2.61. The summed E-state index contributed by atoms with van der Waals surface area (Å²) in [5.74, 6) is -0.0757. The zero-order valence-corrected chi connectivity index (χ0v) is 13.2. The van der Waals surface area contributed by atoms with Crippen LogP contribution in [-0.2, 0) is 15.8 Å². The molecule has 20 heavy (non-hydrogen) atoms. The fourth-order valence-electron chi connectivity index (χ4n) is 1.70. The molecule has 6 heteroatoms. The van der Waals surface area contributed by atoms with Crippen LogP contribution in [0.4, 0.5) is 5.69 Å². The second-order valence-electron chi connectivity index (χ2n) is 4.22. The van der Waals surface area contributed by atoms with E-state index in [2.05, 4.69) is 4.72 Å². The summed E-state index contributed by atoms with van der Waals surface area (Å²) in [4.78, 5) is 1.01. The fourth-order valence-corrected chi connectivity index (χ4v) is 3.48. The molecule has 0 saturated carbocycles. The summed E-state index contributed by atoms with van der Waals surface area (Å²) in [6.07, 6.45) is 1.95. The van der Waals surface area contributed by atoms with Crippen molar-refractivity contribution in [3.05, 3.63) is 59.1 Å². The lowest BCUT2D eigenvalue weighted by Crippen LogP contribution is -2.15. The smallest absolute Gasteiger partial charge is 0.236 e. The number of thioether (sulfide) groups is 1. The monoisotopic (exact) mass is 327 g/mol. The van der Waals surface area contributed by atoms with Crippen LogP contribution in [-0.4, -0.2) is 14.7 Å². The molecule has 0 saturated heterocycles. The van der Waals surface area contributed by atoms with E-state index in [-0.39, 0.29) is 5.75 Å². The van der Waals surface area contributed by atoms with Gasteiger partial charge in [0, 0.05) is 15.6 Å². The topological polar surface area (TPSA) is 46.2 Å². The third-order valence-corrected chi connectivity index (χ3v) is 4.85. The van der Waals surface area contributed by atoms with Crippen molar-refractivity contribution < 1.29 is 8.42 Å². The Morgan fingerprint density at radius 3 is 2.50 bits per heavy atom. The minimum Gasteiger partial charge on any atom is -0.283 e. The summed E-state index contributed by atoms with van der Waals surface area (Å²) in [5, 5.41) is 0.590. The Labute approximate surface area is 128 Å². The molecule has 2 aromatic carbocycles. The normalized spacial score (nSPS) is 11.3. The van der Waals surface area contributed by atoms with Gasteiger partial charge in [-0.3, -0.25) is 4.72 Å². The number of hydrogen-bond donors (Lipinski definition) is 1. The highest BCUT2D eigenvalue weighted by atomic mass is 35.5. The van der Waals surface area contributed by atoms with Crippen LogP contribution in [0, 0.1) is 0 Å². The summed E-state index contributed by atoms with van der Waals surface area (Å²) in [5.41, 5.74) is 1.27. The Kier molecular flexibility index (Phi) is 4.96. The minimum atomic E-state index is -3.43. The largest absolute Gasteiger partial charge is 0.283 e. The Balaban J connectivity index is 2.12. The number of nitrogens with one attached hydrogen (secondary N) is 1. The fraction of sp³-hybridized carbons (Fsp3) is 0.143. The maximum atomic E-state index is 12.1. The molecule has 2 rings (SSSR count). The van der Waals surface area contributed by atoms with E-state index in [0.717, 1.165) is 4.90 Å². The van der Waals surface area contributed by atoms with Gasteiger partial charge in [0.1, 0.15) is 0 Å². The van der Waals surface area contributed by atoms with Crippen LogP contribution in [0.2, 0.25) is 5.02 Å². The molecule has 0 aromatic heterocycles. The van der Waals surface area contributed by atoms with Crippen LogP contribution in [0.1, 0.15) is 5.56 Å². The Bertz CT molecular complexity index is 685. The van der Waals surface area contributed by atoms with E-state index in [4.69, 9.17) is 11.6 Å². The lowest BCUT2D eigenvalue weighted by atomic mass is 10.2. The van der Waals surface area contributed by atoms with Gasteiger partial charge < -0.3 is 0 Å². The molecule has 2 aromatic rings. The molecule has 0 radical (unpaired) electrons. The number of benzene rings is 2. The minimum absolute atomic E-state index is 0.0757. The molecule has 0 aliphatic rings. The van der Waals surface area contributed by atoms with E-state index in [1.165, 1.54) is 0 Å². The van der Waals surface area contributed by atoms with Gasteiger partial charge in [-0.1, -0.05) is 29.8 Å². The average molecular weight is 328 g/mol. The molecule has 0 bridgehead atoms. The van der Waals surface area contributed by atoms with Crippen molar-refractivity contribution in [3.8, 4) is 0 Å². The Hall–Kier alpha value is -1.17. The number of rotatable bonds is 5. The predicted octanol–water partition coefficient (Wildman–Crippen LogP) is 4.00. The summed E-state index contributed by atoms with van der Waals surface area (Å²) in [6, 6.07) is 14.1. The number of halogens is 1. The van der Waals surface area contributed by atoms with E-state index in [0.29, 0.717) is 16.3 Å². The average Bonchev–Trinajstić information content (AvgIpc) is 2.41. The van der Waals surface area contributed by atoms with Gasteiger partial charge in [0.2, 0.25) is 10.0 Å². The van der Waals surface area contributed by atoms with E-state index < -0.39 is 10.0 Å². The lowest BCUT2D eigenvalue weighted by Gasteiger charge is -2.09. The SMILES string of the molecule is CSc1cccc(NS(=O)(=O)Cc2ccc(Cl)cc2)c1. The predicted molar refractivity (Wildman–Crippen MR) is 85.9 cm³/mol. The molecule has 0 atom stereocenters. The standard InChI is InChI=1S/C14H14ClNO2S2/c1-19-14-4-2-3-13(9-14)16-20(17,18)10-11-5-7-12(15)8-6-11/h2-9,16H,10H2,1H3. The van der Waals surface area contributed by atoms with Gasteiger partial charge in [-0.15, -0.1) is 11.8 Å². The van der Waals surface area contributed by atoms with Crippen molar-refractivity contribution in [1.29, 1.82) is 0 Å². The highest BCUT2D eigenvalue weighted by molar-refractivity contribution is 7.98. The van der Waals surface area contributed by atoms with Crippen molar-refractivity contribution in [2.24, 2.45) is 0 Å². The summed E-state index contributed by atoms with van der Waals surface area (Å²) >= 11 is 7.34. The molecule has 0 spiro atoms. The maximum absolute atomic E-state index is 12.1. The molecule has 0 heterocycles. The van der Waals surface area contributed by atoms with E-state index in [1.54, 1.807) is 42.1 Å². The maximum Gasteiger partial charge on any atom is 0.236 e. The van der Waals surface area contributed by atoms with Crippen LogP contribution in [0.15, 0.2) is 53.4 Å². The van der Waals surface area contributed by atoms with Crippen molar-refractivity contribution >= 4 is 39.1 Å². The van der Waals surface area contributed by atoms with E-state index in [1.807, 2.05) is 24.5 Å². The first-order valence-corrected chi connectivity index (χ1v) is 9.13. The van der Waals surface area contributed by atoms with Crippen LogP contribution in [0.5, 0.6) is 0 Å². The number of sulfonamides is 1. The van der Waals surface area contributed by atoms with Crippen LogP contribution in [0.3, 0.4) is 0 Å². The van der Waals surface area contributed by atoms with Gasteiger partial charge in [-0.2, -0.15) is 0 Å².